The van der Waals surface area contributed by atoms with Crippen LogP contribution in [0.2, 0.25) is 18.1 Å². The summed E-state index contributed by atoms with van der Waals surface area (Å²) >= 11 is 0. The summed E-state index contributed by atoms with van der Waals surface area (Å²) in [6.07, 6.45) is 0.860. The van der Waals surface area contributed by atoms with E-state index in [0.717, 1.165) is 21.6 Å². The van der Waals surface area contributed by atoms with Gasteiger partial charge in [0.05, 0.1) is 29.5 Å². The van der Waals surface area contributed by atoms with Crippen LogP contribution >= 0.6 is 7.26 Å². The highest BCUT2D eigenvalue weighted by Crippen LogP contribution is 2.63. The minimum Gasteiger partial charge on any atom is -0.457 e. The van der Waals surface area contributed by atoms with E-state index in [1.807, 2.05) is 117 Å². The molecule has 1 aliphatic rings. The number of carbonyl (C=O) groups is 4. The van der Waals surface area contributed by atoms with Crippen LogP contribution in [0.15, 0.2) is 128 Å². The first-order chi connectivity index (χ1) is 27.0. The van der Waals surface area contributed by atoms with Crippen molar-refractivity contribution in [2.24, 2.45) is 11.8 Å². The van der Waals surface area contributed by atoms with Gasteiger partial charge in [-0.3, -0.25) is 14.5 Å². The molecule has 0 radical (unpaired) electrons. The Balaban J connectivity index is 1.71. The Kier molecular flexibility index (Phi) is 13.4. The molecule has 1 fully saturated rings. The van der Waals surface area contributed by atoms with Gasteiger partial charge in [-0.2, -0.15) is 0 Å². The zero-order valence-electron chi connectivity index (χ0n) is 34.5. The second-order valence-corrected chi connectivity index (χ2v) is 24.5. The molecule has 4 aromatic carbocycles. The first kappa shape index (κ1) is 43.2. The van der Waals surface area contributed by atoms with Crippen LogP contribution in [-0.2, 0) is 28.3 Å². The van der Waals surface area contributed by atoms with Gasteiger partial charge in [0.25, 0.3) is 5.78 Å². The number of β-lactam (4-membered cyclic amide) rings is 1. The van der Waals surface area contributed by atoms with E-state index < -0.39 is 63.3 Å². The number of esters is 3. The molecule has 0 saturated carbocycles. The average Bonchev–Trinajstić information content (AvgIpc) is 3.19. The van der Waals surface area contributed by atoms with Gasteiger partial charge in [0.2, 0.25) is 5.91 Å². The third-order valence-corrected chi connectivity index (χ3v) is 20.5. The molecular weight excluding hydrogens is 752 g/mol. The third kappa shape index (κ3) is 8.69. The topological polar surface area (TPSA) is 102 Å². The summed E-state index contributed by atoms with van der Waals surface area (Å²) in [5, 5.41) is 2.36. The molecule has 300 valence electrons. The summed E-state index contributed by atoms with van der Waals surface area (Å²) in [7, 11) is -1.86. The van der Waals surface area contributed by atoms with Crippen molar-refractivity contribution in [3.8, 4) is 0 Å². The van der Waals surface area contributed by atoms with Crippen LogP contribution in [0.4, 0.5) is 5.69 Å². The molecular formula is C46H56N2O7PSi+. The summed E-state index contributed by atoms with van der Waals surface area (Å²) in [5.41, 5.74) is 1.09. The lowest BCUT2D eigenvalue weighted by molar-refractivity contribution is -0.180. The number of hydrogen-bond acceptors (Lipinski definition) is 8. The van der Waals surface area contributed by atoms with Crippen molar-refractivity contribution < 1.29 is 33.1 Å². The van der Waals surface area contributed by atoms with Gasteiger partial charge in [-0.15, -0.1) is 0 Å². The van der Waals surface area contributed by atoms with Gasteiger partial charge in [-0.05, 0) is 92.6 Å². The number of hydrogen-bond donors (Lipinski definition) is 0. The Morgan fingerprint density at radius 2 is 1.28 bits per heavy atom. The fraction of sp³-hybridized carbons (Fsp3) is 0.348. The first-order valence-electron chi connectivity index (χ1n) is 19.3. The number of carbonyl (C=O) groups excluding carboxylic acids is 4. The van der Waals surface area contributed by atoms with Gasteiger partial charge in [0.1, 0.15) is 29.8 Å². The molecule has 1 aliphatic heterocycles. The van der Waals surface area contributed by atoms with Crippen LogP contribution in [0.1, 0.15) is 45.0 Å². The van der Waals surface area contributed by atoms with E-state index in [-0.39, 0.29) is 23.1 Å². The SMILES string of the molecule is C=CCOC(=O)C(N1C(=O)[C@H]([C@H](C)O[Si](C)(C)C(C)(C)C)[C@H]1[C@@H](C)C(=O)OC(=O)c1ccc(N(C)C)cc1)[P+](c1ccccc1)(c1ccccc1)c1ccccc1. The van der Waals surface area contributed by atoms with Gasteiger partial charge < -0.3 is 18.8 Å². The number of amides is 1. The molecule has 5 atom stereocenters. The molecule has 1 unspecified atom stereocenters. The molecule has 1 amide bonds. The molecule has 1 heterocycles. The lowest BCUT2D eigenvalue weighted by atomic mass is 9.76. The van der Waals surface area contributed by atoms with Crippen molar-refractivity contribution in [2.75, 3.05) is 25.6 Å². The van der Waals surface area contributed by atoms with Crippen LogP contribution in [-0.4, -0.2) is 75.7 Å². The molecule has 0 spiro atoms. The Morgan fingerprint density at radius 3 is 1.70 bits per heavy atom. The fourth-order valence-corrected chi connectivity index (χ4v) is 13.5. The Bertz CT molecular complexity index is 1940. The average molecular weight is 808 g/mol. The summed E-state index contributed by atoms with van der Waals surface area (Å²) in [4.78, 5) is 61.4. The van der Waals surface area contributed by atoms with Gasteiger partial charge >= 0.3 is 17.9 Å². The van der Waals surface area contributed by atoms with Crippen LogP contribution in [0, 0.1) is 11.8 Å². The maximum atomic E-state index is 15.2. The Hall–Kier alpha value is -4.89. The zero-order valence-corrected chi connectivity index (χ0v) is 36.4. The lowest BCUT2D eigenvalue weighted by Gasteiger charge is -2.55. The van der Waals surface area contributed by atoms with E-state index in [1.54, 1.807) is 36.1 Å². The normalized spacial score (nSPS) is 17.4. The third-order valence-electron chi connectivity index (χ3n) is 11.4. The smallest absolute Gasteiger partial charge is 0.370 e. The maximum absolute atomic E-state index is 15.2. The van der Waals surface area contributed by atoms with Gasteiger partial charge in [0.15, 0.2) is 8.32 Å². The summed E-state index contributed by atoms with van der Waals surface area (Å²) in [6, 6.07) is 35.0. The van der Waals surface area contributed by atoms with E-state index in [2.05, 4.69) is 40.4 Å². The highest BCUT2D eigenvalue weighted by molar-refractivity contribution is 7.96. The summed E-state index contributed by atoms with van der Waals surface area (Å²) < 4.78 is 18.4. The van der Waals surface area contributed by atoms with E-state index >= 15 is 9.59 Å². The van der Waals surface area contributed by atoms with Crippen molar-refractivity contribution in [2.45, 2.75) is 70.7 Å². The lowest BCUT2D eigenvalue weighted by Crippen LogP contribution is -2.73. The quantitative estimate of drug-likeness (QED) is 0.0307. The largest absolute Gasteiger partial charge is 0.457 e. The number of likely N-dealkylation sites (tertiary alicyclic amines) is 1. The summed E-state index contributed by atoms with van der Waals surface area (Å²) in [6.45, 7) is 17.8. The molecule has 11 heteroatoms. The fourth-order valence-electron chi connectivity index (χ4n) is 7.40. The first-order valence-corrected chi connectivity index (χ1v) is 24.1. The predicted octanol–water partition coefficient (Wildman–Crippen LogP) is 7.36. The molecule has 0 aromatic heterocycles. The number of benzene rings is 4. The number of rotatable bonds is 15. The van der Waals surface area contributed by atoms with E-state index in [1.165, 1.54) is 6.08 Å². The van der Waals surface area contributed by atoms with Gasteiger partial charge in [-0.1, -0.05) is 88.0 Å². The Morgan fingerprint density at radius 1 is 0.807 bits per heavy atom. The van der Waals surface area contributed by atoms with Crippen LogP contribution in [0.3, 0.4) is 0 Å². The van der Waals surface area contributed by atoms with E-state index in [4.69, 9.17) is 13.9 Å². The van der Waals surface area contributed by atoms with Crippen LogP contribution < -0.4 is 20.8 Å². The minimum atomic E-state index is -3.20. The molecule has 57 heavy (non-hydrogen) atoms. The number of nitrogens with zero attached hydrogens (tertiary/aromatic N) is 2. The van der Waals surface area contributed by atoms with Crippen molar-refractivity contribution in [1.82, 2.24) is 4.90 Å². The minimum absolute atomic E-state index is 0.0899. The predicted molar refractivity (Wildman–Crippen MR) is 232 cm³/mol. The van der Waals surface area contributed by atoms with Gasteiger partial charge in [-0.25, -0.2) is 9.59 Å². The highest BCUT2D eigenvalue weighted by Gasteiger charge is 2.68. The van der Waals surface area contributed by atoms with Crippen molar-refractivity contribution in [3.05, 3.63) is 133 Å². The second kappa shape index (κ2) is 17.7. The summed E-state index contributed by atoms with van der Waals surface area (Å²) in [5.74, 6) is -5.71. The molecule has 9 nitrogen and oxygen atoms in total. The molecule has 0 aliphatic carbocycles. The molecule has 5 rings (SSSR count). The van der Waals surface area contributed by atoms with Crippen molar-refractivity contribution in [3.63, 3.8) is 0 Å². The van der Waals surface area contributed by atoms with Crippen molar-refractivity contribution in [1.29, 1.82) is 0 Å². The maximum Gasteiger partial charge on any atom is 0.370 e. The van der Waals surface area contributed by atoms with Crippen LogP contribution in [0.5, 0.6) is 0 Å². The zero-order chi connectivity index (χ0) is 41.7. The molecule has 4 aromatic rings. The molecule has 1 saturated heterocycles. The van der Waals surface area contributed by atoms with E-state index in [0.29, 0.717) is 0 Å². The second-order valence-electron chi connectivity index (χ2n) is 16.3. The Labute approximate surface area is 339 Å². The van der Waals surface area contributed by atoms with Gasteiger partial charge in [0, 0.05) is 19.8 Å². The van der Waals surface area contributed by atoms with E-state index in [9.17, 15) is 9.59 Å². The number of ether oxygens (including phenoxy) is 2. The highest BCUT2D eigenvalue weighted by atomic mass is 31.2. The van der Waals surface area contributed by atoms with Crippen LogP contribution in [0.25, 0.3) is 0 Å². The standard InChI is InChI=1S/C46H56N2O7PSi/c1-11-31-53-45(52)42(56(36-21-15-12-16-22-36,37-23-17-13-18-24-37)38-25-19-14-20-26-38)48-40(39(41(48)49)33(3)55-57(9,10)46(4,5)6)32(2)43(50)54-44(51)34-27-29-35(30-28-34)47(7)8/h11-30,32-33,39-40,42H,1,31H2,2-10H3/q+1/t32-,33+,39-,40-,42?/m1/s1. The monoisotopic (exact) mass is 807 g/mol. The number of anilines is 1. The van der Waals surface area contributed by atoms with Crippen molar-refractivity contribution >= 4 is 61.0 Å². The molecule has 0 N–H and O–H groups in total. The molecule has 0 bridgehead atoms.